The average Bonchev–Trinajstić information content (AvgIpc) is 2.66. The zero-order valence-corrected chi connectivity index (χ0v) is 18.0. The number of benzene rings is 3. The summed E-state index contributed by atoms with van der Waals surface area (Å²) in [6.45, 7) is 0.732. The third-order valence-electron chi connectivity index (χ3n) is 4.02. The normalized spacial score (nSPS) is 10.6. The predicted octanol–water partition coefficient (Wildman–Crippen LogP) is 7.09. The Hall–Kier alpha value is -1.95. The summed E-state index contributed by atoms with van der Waals surface area (Å²) in [6.07, 6.45) is 0. The summed E-state index contributed by atoms with van der Waals surface area (Å²) in [5.41, 5.74) is 2.51. The Kier molecular flexibility index (Phi) is 7.05. The molecule has 0 amide bonds. The Balaban J connectivity index is 1.83. The van der Waals surface area contributed by atoms with Crippen LogP contribution in [-0.4, -0.2) is 7.11 Å². The van der Waals surface area contributed by atoms with Gasteiger partial charge < -0.3 is 14.8 Å². The van der Waals surface area contributed by atoms with E-state index in [1.165, 1.54) is 12.1 Å². The highest BCUT2D eigenvalue weighted by Gasteiger charge is 2.15. The third-order valence-corrected chi connectivity index (χ3v) is 5.19. The summed E-state index contributed by atoms with van der Waals surface area (Å²) in [5, 5.41) is 4.39. The van der Waals surface area contributed by atoms with Gasteiger partial charge in [-0.3, -0.25) is 0 Å². The second-order valence-electron chi connectivity index (χ2n) is 5.98. The summed E-state index contributed by atoms with van der Waals surface area (Å²) >= 11 is 15.7. The summed E-state index contributed by atoms with van der Waals surface area (Å²) in [7, 11) is 1.59. The molecule has 1 N–H and O–H groups in total. The van der Waals surface area contributed by atoms with E-state index in [9.17, 15) is 4.39 Å². The number of rotatable bonds is 7. The molecule has 0 fully saturated rings. The van der Waals surface area contributed by atoms with E-state index >= 15 is 0 Å². The lowest BCUT2D eigenvalue weighted by molar-refractivity contribution is 0.281. The van der Waals surface area contributed by atoms with Crippen LogP contribution in [0.2, 0.25) is 10.0 Å². The molecule has 0 radical (unpaired) electrons. The molecule has 0 aliphatic rings. The number of methoxy groups -OCH3 is 1. The first-order chi connectivity index (χ1) is 13.5. The van der Waals surface area contributed by atoms with Crippen molar-refractivity contribution in [2.24, 2.45) is 0 Å². The molecule has 0 heterocycles. The van der Waals surface area contributed by atoms with E-state index in [4.69, 9.17) is 32.7 Å². The van der Waals surface area contributed by atoms with Crippen LogP contribution < -0.4 is 14.8 Å². The minimum Gasteiger partial charge on any atom is -0.493 e. The van der Waals surface area contributed by atoms with Crippen molar-refractivity contribution in [1.29, 1.82) is 0 Å². The molecule has 28 heavy (non-hydrogen) atoms. The first kappa shape index (κ1) is 20.8. The van der Waals surface area contributed by atoms with Gasteiger partial charge in [0, 0.05) is 32.3 Å². The van der Waals surface area contributed by atoms with E-state index in [0.29, 0.717) is 28.1 Å². The molecule has 146 valence electrons. The van der Waals surface area contributed by atoms with E-state index in [2.05, 4.69) is 21.2 Å². The van der Waals surface area contributed by atoms with Crippen molar-refractivity contribution in [3.05, 3.63) is 86.1 Å². The van der Waals surface area contributed by atoms with E-state index < -0.39 is 0 Å². The molecule has 0 aromatic heterocycles. The van der Waals surface area contributed by atoms with E-state index in [1.54, 1.807) is 37.4 Å². The molecule has 0 saturated carbocycles. The van der Waals surface area contributed by atoms with Crippen LogP contribution in [0.1, 0.15) is 11.1 Å². The molecular formula is C21H17BrCl2FNO2. The van der Waals surface area contributed by atoms with Crippen molar-refractivity contribution in [3.63, 3.8) is 0 Å². The first-order valence-corrected chi connectivity index (χ1v) is 9.93. The average molecular weight is 485 g/mol. The molecule has 0 aliphatic heterocycles. The van der Waals surface area contributed by atoms with Crippen molar-refractivity contribution in [2.45, 2.75) is 13.2 Å². The Morgan fingerprint density at radius 1 is 1.00 bits per heavy atom. The van der Waals surface area contributed by atoms with Gasteiger partial charge in [0.15, 0.2) is 11.5 Å². The topological polar surface area (TPSA) is 30.5 Å². The van der Waals surface area contributed by atoms with Crippen LogP contribution in [0.4, 0.5) is 10.1 Å². The van der Waals surface area contributed by atoms with Gasteiger partial charge in [-0.1, -0.05) is 51.3 Å². The van der Waals surface area contributed by atoms with Crippen molar-refractivity contribution < 1.29 is 13.9 Å². The fraction of sp³-hybridized carbons (Fsp3) is 0.143. The van der Waals surface area contributed by atoms with Crippen LogP contribution in [0.3, 0.4) is 0 Å². The Bertz CT molecular complexity index is 947. The van der Waals surface area contributed by atoms with Crippen LogP contribution in [0.15, 0.2) is 59.1 Å². The summed E-state index contributed by atoms with van der Waals surface area (Å²) in [6, 6.07) is 15.2. The smallest absolute Gasteiger partial charge is 0.167 e. The molecule has 3 aromatic rings. The van der Waals surface area contributed by atoms with Gasteiger partial charge in [-0.15, -0.1) is 0 Å². The summed E-state index contributed by atoms with van der Waals surface area (Å²) in [4.78, 5) is 0. The number of hydrogen-bond acceptors (Lipinski definition) is 3. The molecule has 0 bridgehead atoms. The summed E-state index contributed by atoms with van der Waals surface area (Å²) < 4.78 is 25.5. The zero-order chi connectivity index (χ0) is 20.1. The minimum atomic E-state index is -0.283. The lowest BCUT2D eigenvalue weighted by Crippen LogP contribution is -2.06. The molecular weight excluding hydrogens is 468 g/mol. The lowest BCUT2D eigenvalue weighted by Gasteiger charge is -2.18. The molecule has 0 saturated heterocycles. The first-order valence-electron chi connectivity index (χ1n) is 8.39. The van der Waals surface area contributed by atoms with E-state index in [-0.39, 0.29) is 12.4 Å². The molecule has 3 nitrogen and oxygen atoms in total. The maximum atomic E-state index is 13.1. The van der Waals surface area contributed by atoms with Gasteiger partial charge in [0.1, 0.15) is 12.4 Å². The van der Waals surface area contributed by atoms with Crippen LogP contribution in [0.5, 0.6) is 11.5 Å². The van der Waals surface area contributed by atoms with Crippen molar-refractivity contribution in [2.75, 3.05) is 12.4 Å². The largest absolute Gasteiger partial charge is 0.493 e. The van der Waals surface area contributed by atoms with Crippen molar-refractivity contribution >= 4 is 44.8 Å². The lowest BCUT2D eigenvalue weighted by atomic mass is 10.1. The Morgan fingerprint density at radius 3 is 2.32 bits per heavy atom. The van der Waals surface area contributed by atoms with E-state index in [0.717, 1.165) is 21.3 Å². The fourth-order valence-electron chi connectivity index (χ4n) is 2.65. The van der Waals surface area contributed by atoms with Gasteiger partial charge in [-0.25, -0.2) is 4.39 Å². The molecule has 3 aromatic carbocycles. The van der Waals surface area contributed by atoms with Crippen molar-refractivity contribution in [3.8, 4) is 11.5 Å². The maximum Gasteiger partial charge on any atom is 0.167 e. The number of ether oxygens (including phenoxy) is 2. The fourth-order valence-corrected chi connectivity index (χ4v) is 3.63. The Morgan fingerprint density at radius 2 is 1.68 bits per heavy atom. The molecule has 0 aliphatic carbocycles. The van der Waals surface area contributed by atoms with Gasteiger partial charge >= 0.3 is 0 Å². The van der Waals surface area contributed by atoms with Crippen LogP contribution in [0, 0.1) is 5.82 Å². The van der Waals surface area contributed by atoms with Gasteiger partial charge in [0.2, 0.25) is 0 Å². The quantitative estimate of drug-likeness (QED) is 0.388. The van der Waals surface area contributed by atoms with Crippen LogP contribution in [-0.2, 0) is 13.2 Å². The highest BCUT2D eigenvalue weighted by atomic mass is 79.9. The van der Waals surface area contributed by atoms with Gasteiger partial charge in [-0.05, 0) is 48.0 Å². The minimum absolute atomic E-state index is 0.281. The maximum absolute atomic E-state index is 13.1. The van der Waals surface area contributed by atoms with Crippen LogP contribution in [0.25, 0.3) is 0 Å². The number of anilines is 1. The molecule has 3 rings (SSSR count). The summed E-state index contributed by atoms with van der Waals surface area (Å²) in [5.74, 6) is 0.918. The third kappa shape index (κ3) is 5.31. The number of hydrogen-bond donors (Lipinski definition) is 1. The van der Waals surface area contributed by atoms with E-state index in [1.807, 2.05) is 12.1 Å². The van der Waals surface area contributed by atoms with Crippen LogP contribution >= 0.6 is 39.1 Å². The highest BCUT2D eigenvalue weighted by Crippen LogP contribution is 2.37. The molecule has 0 unspecified atom stereocenters. The Labute approximate surface area is 181 Å². The standard InChI is InChI=1S/C21H17BrCl2FNO2/c1-27-20-7-6-19(22)18(11-26-17-9-14(23)8-15(24)10-17)21(20)28-12-13-2-4-16(25)5-3-13/h2-10,26H,11-12H2,1H3. The van der Waals surface area contributed by atoms with Gasteiger partial charge in [0.25, 0.3) is 0 Å². The highest BCUT2D eigenvalue weighted by molar-refractivity contribution is 9.10. The van der Waals surface area contributed by atoms with Gasteiger partial charge in [0.05, 0.1) is 7.11 Å². The number of nitrogens with one attached hydrogen (secondary N) is 1. The predicted molar refractivity (Wildman–Crippen MR) is 115 cm³/mol. The second kappa shape index (κ2) is 9.50. The molecule has 7 heteroatoms. The van der Waals surface area contributed by atoms with Gasteiger partial charge in [-0.2, -0.15) is 0 Å². The number of halogens is 4. The molecule has 0 atom stereocenters. The monoisotopic (exact) mass is 483 g/mol. The zero-order valence-electron chi connectivity index (χ0n) is 14.9. The SMILES string of the molecule is COc1ccc(Br)c(CNc2cc(Cl)cc(Cl)c2)c1OCc1ccc(F)cc1. The molecule has 0 spiro atoms. The second-order valence-corrected chi connectivity index (χ2v) is 7.71. The van der Waals surface area contributed by atoms with Crippen molar-refractivity contribution in [1.82, 2.24) is 0 Å².